The van der Waals surface area contributed by atoms with E-state index < -0.39 is 0 Å². The molecule has 0 radical (unpaired) electrons. The largest absolute Gasteiger partial charge is 0.454 e. The number of nitrogens with one attached hydrogen (secondary N) is 1. The average Bonchev–Trinajstić information content (AvgIpc) is 2.82. The molecule has 1 aromatic carbocycles. The Hall–Kier alpha value is -1.75. The SMILES string of the molecule is CC(NCc1ccc2c(c1)OCO2)C(=O)N(C)C. The first-order chi connectivity index (χ1) is 8.58. The summed E-state index contributed by atoms with van der Waals surface area (Å²) >= 11 is 0. The summed E-state index contributed by atoms with van der Waals surface area (Å²) in [6.45, 7) is 2.76. The van der Waals surface area contributed by atoms with E-state index in [1.165, 1.54) is 0 Å². The van der Waals surface area contributed by atoms with Crippen LogP contribution in [0.3, 0.4) is 0 Å². The first kappa shape index (κ1) is 12.7. The molecule has 0 spiro atoms. The lowest BCUT2D eigenvalue weighted by molar-refractivity contribution is -0.130. The van der Waals surface area contributed by atoms with Gasteiger partial charge < -0.3 is 19.7 Å². The van der Waals surface area contributed by atoms with E-state index >= 15 is 0 Å². The predicted octanol–water partition coefficient (Wildman–Crippen LogP) is 0.982. The number of carbonyl (C=O) groups excluding carboxylic acids is 1. The Morgan fingerprint density at radius 2 is 2.11 bits per heavy atom. The fraction of sp³-hybridized carbons (Fsp3) is 0.462. The van der Waals surface area contributed by atoms with Crippen LogP contribution in [0.5, 0.6) is 11.5 Å². The third-order valence-corrected chi connectivity index (χ3v) is 2.86. The highest BCUT2D eigenvalue weighted by Crippen LogP contribution is 2.32. The van der Waals surface area contributed by atoms with Crippen molar-refractivity contribution in [1.82, 2.24) is 10.2 Å². The Bertz CT molecular complexity index is 446. The minimum Gasteiger partial charge on any atom is -0.454 e. The normalized spacial score (nSPS) is 14.4. The van der Waals surface area contributed by atoms with Crippen LogP contribution < -0.4 is 14.8 Å². The van der Waals surface area contributed by atoms with Crippen LogP contribution in [-0.4, -0.2) is 37.7 Å². The minimum absolute atomic E-state index is 0.0655. The topological polar surface area (TPSA) is 50.8 Å². The number of rotatable bonds is 4. The molecule has 0 aromatic heterocycles. The highest BCUT2D eigenvalue weighted by Gasteiger charge is 2.16. The van der Waals surface area contributed by atoms with Crippen molar-refractivity contribution in [2.45, 2.75) is 19.5 Å². The number of nitrogens with zero attached hydrogens (tertiary/aromatic N) is 1. The first-order valence-corrected chi connectivity index (χ1v) is 5.91. The second kappa shape index (κ2) is 5.27. The summed E-state index contributed by atoms with van der Waals surface area (Å²) in [6.07, 6.45) is 0. The van der Waals surface area contributed by atoms with Gasteiger partial charge in [0.15, 0.2) is 11.5 Å². The smallest absolute Gasteiger partial charge is 0.238 e. The molecule has 1 atom stereocenters. The van der Waals surface area contributed by atoms with E-state index in [2.05, 4.69) is 5.32 Å². The number of likely N-dealkylation sites (N-methyl/N-ethyl adjacent to an activating group) is 1. The van der Waals surface area contributed by atoms with Crippen molar-refractivity contribution in [3.63, 3.8) is 0 Å². The number of benzene rings is 1. The van der Waals surface area contributed by atoms with Gasteiger partial charge in [-0.25, -0.2) is 0 Å². The van der Waals surface area contributed by atoms with Crippen molar-refractivity contribution in [1.29, 1.82) is 0 Å². The Balaban J connectivity index is 1.92. The van der Waals surface area contributed by atoms with E-state index in [-0.39, 0.29) is 18.7 Å². The van der Waals surface area contributed by atoms with Crippen molar-refractivity contribution in [2.75, 3.05) is 20.9 Å². The molecule has 0 saturated heterocycles. The standard InChI is InChI=1S/C13H18N2O3/c1-9(13(16)15(2)3)14-7-10-4-5-11-12(6-10)18-8-17-11/h4-6,9,14H,7-8H2,1-3H3. The molecule has 1 heterocycles. The van der Waals surface area contributed by atoms with E-state index in [0.717, 1.165) is 17.1 Å². The van der Waals surface area contributed by atoms with Crippen LogP contribution in [0.15, 0.2) is 18.2 Å². The number of hydrogen-bond acceptors (Lipinski definition) is 4. The van der Waals surface area contributed by atoms with Crippen molar-refractivity contribution < 1.29 is 14.3 Å². The summed E-state index contributed by atoms with van der Waals surface area (Å²) in [6, 6.07) is 5.58. The third-order valence-electron chi connectivity index (χ3n) is 2.86. The van der Waals surface area contributed by atoms with Gasteiger partial charge in [-0.15, -0.1) is 0 Å². The molecule has 1 aliphatic heterocycles. The number of fused-ring (bicyclic) bond motifs is 1. The molecule has 0 aliphatic carbocycles. The molecule has 1 aromatic rings. The van der Waals surface area contributed by atoms with E-state index in [1.54, 1.807) is 19.0 Å². The lowest BCUT2D eigenvalue weighted by Crippen LogP contribution is -2.41. The fourth-order valence-corrected chi connectivity index (χ4v) is 1.80. The van der Waals surface area contributed by atoms with Gasteiger partial charge in [-0.2, -0.15) is 0 Å². The summed E-state index contributed by atoms with van der Waals surface area (Å²) in [4.78, 5) is 13.3. The fourth-order valence-electron chi connectivity index (χ4n) is 1.80. The molecular weight excluding hydrogens is 232 g/mol. The van der Waals surface area contributed by atoms with Gasteiger partial charge in [0.2, 0.25) is 12.7 Å². The molecule has 0 bridgehead atoms. The molecule has 1 amide bonds. The number of ether oxygens (including phenoxy) is 2. The molecule has 1 N–H and O–H groups in total. The first-order valence-electron chi connectivity index (χ1n) is 5.91. The van der Waals surface area contributed by atoms with E-state index in [9.17, 15) is 4.79 Å². The second-order valence-corrected chi connectivity index (χ2v) is 4.52. The summed E-state index contributed by atoms with van der Waals surface area (Å²) in [5, 5.41) is 3.18. The van der Waals surface area contributed by atoms with Crippen LogP contribution in [0.1, 0.15) is 12.5 Å². The van der Waals surface area contributed by atoms with Gasteiger partial charge in [-0.05, 0) is 24.6 Å². The number of carbonyl (C=O) groups is 1. The average molecular weight is 250 g/mol. The Morgan fingerprint density at radius 3 is 2.83 bits per heavy atom. The predicted molar refractivity (Wildman–Crippen MR) is 67.6 cm³/mol. The van der Waals surface area contributed by atoms with Gasteiger partial charge in [0, 0.05) is 20.6 Å². The minimum atomic E-state index is -0.203. The monoisotopic (exact) mass is 250 g/mol. The molecule has 5 heteroatoms. The van der Waals surface area contributed by atoms with Gasteiger partial charge in [-0.1, -0.05) is 6.07 Å². The van der Waals surface area contributed by atoms with E-state index in [4.69, 9.17) is 9.47 Å². The zero-order valence-corrected chi connectivity index (χ0v) is 10.9. The van der Waals surface area contributed by atoms with Crippen molar-refractivity contribution in [3.8, 4) is 11.5 Å². The lowest BCUT2D eigenvalue weighted by atomic mass is 10.2. The Labute approximate surface area is 107 Å². The van der Waals surface area contributed by atoms with Crippen molar-refractivity contribution in [2.24, 2.45) is 0 Å². The molecule has 18 heavy (non-hydrogen) atoms. The van der Waals surface area contributed by atoms with Crippen LogP contribution in [0, 0.1) is 0 Å². The maximum atomic E-state index is 11.7. The molecule has 0 fully saturated rings. The molecule has 1 unspecified atom stereocenters. The molecule has 98 valence electrons. The summed E-state index contributed by atoms with van der Waals surface area (Å²) in [7, 11) is 3.50. The Morgan fingerprint density at radius 1 is 1.39 bits per heavy atom. The van der Waals surface area contributed by atoms with E-state index in [1.807, 2.05) is 25.1 Å². The third kappa shape index (κ3) is 2.73. The highest BCUT2D eigenvalue weighted by molar-refractivity contribution is 5.80. The van der Waals surface area contributed by atoms with E-state index in [0.29, 0.717) is 6.54 Å². The van der Waals surface area contributed by atoms with Crippen LogP contribution in [0.4, 0.5) is 0 Å². The van der Waals surface area contributed by atoms with Crippen molar-refractivity contribution >= 4 is 5.91 Å². The zero-order chi connectivity index (χ0) is 13.1. The Kier molecular flexibility index (Phi) is 3.72. The maximum absolute atomic E-state index is 11.7. The van der Waals surface area contributed by atoms with Crippen molar-refractivity contribution in [3.05, 3.63) is 23.8 Å². The summed E-state index contributed by atoms with van der Waals surface area (Å²) < 4.78 is 10.6. The summed E-state index contributed by atoms with van der Waals surface area (Å²) in [5.74, 6) is 1.60. The van der Waals surface area contributed by atoms with Crippen LogP contribution >= 0.6 is 0 Å². The zero-order valence-electron chi connectivity index (χ0n) is 10.9. The molecular formula is C13H18N2O3. The van der Waals surface area contributed by atoms with Crippen LogP contribution in [0.25, 0.3) is 0 Å². The van der Waals surface area contributed by atoms with Crippen LogP contribution in [0.2, 0.25) is 0 Å². The van der Waals surface area contributed by atoms with Crippen LogP contribution in [-0.2, 0) is 11.3 Å². The lowest BCUT2D eigenvalue weighted by Gasteiger charge is -2.18. The second-order valence-electron chi connectivity index (χ2n) is 4.52. The molecule has 0 saturated carbocycles. The maximum Gasteiger partial charge on any atom is 0.238 e. The number of amides is 1. The van der Waals surface area contributed by atoms with Gasteiger partial charge in [0.25, 0.3) is 0 Å². The van der Waals surface area contributed by atoms with Gasteiger partial charge in [0.1, 0.15) is 0 Å². The summed E-state index contributed by atoms with van der Waals surface area (Å²) in [5.41, 5.74) is 1.07. The molecule has 2 rings (SSSR count). The highest BCUT2D eigenvalue weighted by atomic mass is 16.7. The molecule has 5 nitrogen and oxygen atoms in total. The molecule has 1 aliphatic rings. The quantitative estimate of drug-likeness (QED) is 0.865. The number of hydrogen-bond donors (Lipinski definition) is 1. The van der Waals surface area contributed by atoms with Gasteiger partial charge in [-0.3, -0.25) is 4.79 Å². The van der Waals surface area contributed by atoms with Gasteiger partial charge in [0.05, 0.1) is 6.04 Å². The van der Waals surface area contributed by atoms with Gasteiger partial charge >= 0.3 is 0 Å².